The van der Waals surface area contributed by atoms with Crippen molar-refractivity contribution in [3.05, 3.63) is 31.0 Å². The van der Waals surface area contributed by atoms with Crippen LogP contribution < -0.4 is 4.74 Å². The smallest absolute Gasteiger partial charge is 0.213 e. The minimum Gasteiger partial charge on any atom is -0.474 e. The largest absolute Gasteiger partial charge is 0.474 e. The average Bonchev–Trinajstić information content (AvgIpc) is 2.03. The lowest BCUT2D eigenvalue weighted by Crippen LogP contribution is -2.10. The maximum absolute atomic E-state index is 4.76. The molecule has 3 nitrogen and oxygen atoms in total. The molecule has 1 aromatic heterocycles. The molecular weight excluding hydrogens is 152 g/mol. The molecule has 0 aliphatic heterocycles. The van der Waals surface area contributed by atoms with Crippen LogP contribution in [0.5, 0.6) is 5.88 Å². The van der Waals surface area contributed by atoms with Crippen LogP contribution in [0.3, 0.4) is 0 Å². The van der Waals surface area contributed by atoms with Crippen LogP contribution in [-0.2, 0) is 6.54 Å². The third-order valence-corrected chi connectivity index (χ3v) is 1.45. The summed E-state index contributed by atoms with van der Waals surface area (Å²) in [5.41, 5.74) is 1.17. The van der Waals surface area contributed by atoms with E-state index in [-0.39, 0.29) is 0 Å². The van der Waals surface area contributed by atoms with Gasteiger partial charge in [0.1, 0.15) is 7.11 Å². The molecule has 0 aliphatic carbocycles. The van der Waals surface area contributed by atoms with Gasteiger partial charge < -0.3 is 9.64 Å². The van der Waals surface area contributed by atoms with Crippen molar-refractivity contribution in [2.45, 2.75) is 6.54 Å². The summed E-state index contributed by atoms with van der Waals surface area (Å²) in [4.78, 5) is 6.05. The molecule has 0 atom stereocenters. The molecule has 0 spiro atoms. The van der Waals surface area contributed by atoms with Crippen LogP contribution in [0.4, 0.5) is 0 Å². The fourth-order valence-electron chi connectivity index (χ4n) is 0.993. The number of ether oxygens (including phenoxy) is 1. The molecule has 0 fully saturated rings. The van der Waals surface area contributed by atoms with Gasteiger partial charge in [-0.15, -0.1) is 0 Å². The molecule has 0 aliphatic rings. The lowest BCUT2D eigenvalue weighted by atomic mass is 10.2. The second kappa shape index (κ2) is 4.07. The van der Waals surface area contributed by atoms with Crippen LogP contribution in [0.2, 0.25) is 0 Å². The maximum atomic E-state index is 4.76. The Balaban J connectivity index is 2.72. The number of nitrogens with zero attached hydrogens (tertiary/aromatic N) is 2. The zero-order chi connectivity index (χ0) is 8.97. The maximum Gasteiger partial charge on any atom is 0.213 e. The summed E-state index contributed by atoms with van der Waals surface area (Å²) in [6, 6.07) is 3.84. The Morgan fingerprint density at radius 3 is 2.92 bits per heavy atom. The van der Waals surface area contributed by atoms with E-state index in [2.05, 4.69) is 17.0 Å². The predicted molar refractivity (Wildman–Crippen MR) is 47.6 cm³/mol. The first-order chi connectivity index (χ1) is 5.72. The monoisotopic (exact) mass is 165 g/mol. The molecule has 12 heavy (non-hydrogen) atoms. The summed E-state index contributed by atoms with van der Waals surface area (Å²) in [6.07, 6.45) is 1.72. The number of hydrogen-bond donors (Lipinski definition) is 0. The van der Waals surface area contributed by atoms with Gasteiger partial charge in [0.2, 0.25) is 5.88 Å². The first-order valence-corrected chi connectivity index (χ1v) is 3.74. The SMILES string of the molecule is [CH2]Oc1cc(CN(C)C)ccn1. The van der Waals surface area contributed by atoms with Crippen LogP contribution >= 0.6 is 0 Å². The first-order valence-electron chi connectivity index (χ1n) is 3.74. The van der Waals surface area contributed by atoms with Crippen molar-refractivity contribution >= 4 is 0 Å². The lowest BCUT2D eigenvalue weighted by Gasteiger charge is -2.09. The van der Waals surface area contributed by atoms with Gasteiger partial charge in [-0.25, -0.2) is 4.98 Å². The zero-order valence-electron chi connectivity index (χ0n) is 7.45. The Morgan fingerprint density at radius 1 is 1.58 bits per heavy atom. The highest BCUT2D eigenvalue weighted by Gasteiger charge is 1.97. The highest BCUT2D eigenvalue weighted by molar-refractivity contribution is 5.20. The highest BCUT2D eigenvalue weighted by Crippen LogP contribution is 2.09. The fourth-order valence-corrected chi connectivity index (χ4v) is 0.993. The van der Waals surface area contributed by atoms with Gasteiger partial charge in [0.05, 0.1) is 0 Å². The normalized spacial score (nSPS) is 10.3. The van der Waals surface area contributed by atoms with Crippen molar-refractivity contribution in [1.82, 2.24) is 9.88 Å². The van der Waals surface area contributed by atoms with E-state index in [1.807, 2.05) is 26.2 Å². The van der Waals surface area contributed by atoms with Crippen molar-refractivity contribution in [2.24, 2.45) is 0 Å². The highest BCUT2D eigenvalue weighted by atomic mass is 16.5. The summed E-state index contributed by atoms with van der Waals surface area (Å²) in [5, 5.41) is 0. The molecule has 0 bridgehead atoms. The van der Waals surface area contributed by atoms with Gasteiger partial charge in [0.25, 0.3) is 0 Å². The molecular formula is C9H13N2O. The standard InChI is InChI=1S/C9H13N2O/c1-11(2)7-8-4-5-10-9(6-8)12-3/h4-6H,3,7H2,1-2H3. The molecule has 1 radical (unpaired) electrons. The van der Waals surface area contributed by atoms with Gasteiger partial charge in [-0.2, -0.15) is 0 Å². The van der Waals surface area contributed by atoms with Crippen molar-refractivity contribution in [2.75, 3.05) is 14.1 Å². The molecule has 3 heteroatoms. The quantitative estimate of drug-likeness (QED) is 0.675. The topological polar surface area (TPSA) is 25.4 Å². The van der Waals surface area contributed by atoms with Crippen LogP contribution in [0.1, 0.15) is 5.56 Å². The molecule has 0 unspecified atom stereocenters. The van der Waals surface area contributed by atoms with Gasteiger partial charge in [-0.3, -0.25) is 0 Å². The summed E-state index contributed by atoms with van der Waals surface area (Å²) < 4.78 is 4.76. The summed E-state index contributed by atoms with van der Waals surface area (Å²) in [7, 11) is 7.34. The summed E-state index contributed by atoms with van der Waals surface area (Å²) >= 11 is 0. The average molecular weight is 165 g/mol. The van der Waals surface area contributed by atoms with Crippen molar-refractivity contribution in [3.63, 3.8) is 0 Å². The van der Waals surface area contributed by atoms with E-state index in [9.17, 15) is 0 Å². The second-order valence-electron chi connectivity index (χ2n) is 2.88. The Labute approximate surface area is 73.0 Å². The van der Waals surface area contributed by atoms with E-state index in [1.165, 1.54) is 5.56 Å². The minimum absolute atomic E-state index is 0.564. The Hall–Kier alpha value is -1.09. The Bertz CT molecular complexity index is 248. The molecule has 0 saturated carbocycles. The second-order valence-corrected chi connectivity index (χ2v) is 2.88. The molecule has 65 valence electrons. The van der Waals surface area contributed by atoms with Crippen molar-refractivity contribution in [1.29, 1.82) is 0 Å². The summed E-state index contributed by atoms with van der Waals surface area (Å²) in [5.74, 6) is 0.564. The first kappa shape index (κ1) is 9.00. The third-order valence-electron chi connectivity index (χ3n) is 1.45. The molecule has 1 heterocycles. The number of hydrogen-bond acceptors (Lipinski definition) is 3. The van der Waals surface area contributed by atoms with Gasteiger partial charge >= 0.3 is 0 Å². The van der Waals surface area contributed by atoms with Gasteiger partial charge in [0.15, 0.2) is 0 Å². The minimum atomic E-state index is 0.564. The number of pyridine rings is 1. The molecule has 1 rings (SSSR count). The van der Waals surface area contributed by atoms with E-state index in [0.717, 1.165) is 6.54 Å². The van der Waals surface area contributed by atoms with E-state index in [4.69, 9.17) is 4.74 Å². The molecule has 0 saturated heterocycles. The van der Waals surface area contributed by atoms with Crippen LogP contribution in [0.25, 0.3) is 0 Å². The van der Waals surface area contributed by atoms with Gasteiger partial charge in [-0.05, 0) is 25.7 Å². The molecule has 0 amide bonds. The summed E-state index contributed by atoms with van der Waals surface area (Å²) in [6.45, 7) is 0.888. The number of rotatable bonds is 3. The van der Waals surface area contributed by atoms with Crippen LogP contribution in [0, 0.1) is 7.11 Å². The van der Waals surface area contributed by atoms with Crippen LogP contribution in [-0.4, -0.2) is 24.0 Å². The number of aromatic nitrogens is 1. The zero-order valence-corrected chi connectivity index (χ0v) is 7.45. The van der Waals surface area contributed by atoms with Gasteiger partial charge in [-0.1, -0.05) is 0 Å². The molecule has 0 N–H and O–H groups in total. The van der Waals surface area contributed by atoms with Crippen molar-refractivity contribution < 1.29 is 4.74 Å². The molecule has 0 aromatic carbocycles. The van der Waals surface area contributed by atoms with Crippen LogP contribution in [0.15, 0.2) is 18.3 Å². The van der Waals surface area contributed by atoms with Crippen molar-refractivity contribution in [3.8, 4) is 5.88 Å². The lowest BCUT2D eigenvalue weighted by molar-refractivity contribution is 0.399. The Kier molecular flexibility index (Phi) is 3.05. The van der Waals surface area contributed by atoms with E-state index in [1.54, 1.807) is 6.20 Å². The predicted octanol–water partition coefficient (Wildman–Crippen LogP) is 1.31. The molecule has 1 aromatic rings. The Morgan fingerprint density at radius 2 is 2.33 bits per heavy atom. The fraction of sp³-hybridized carbons (Fsp3) is 0.333. The van der Waals surface area contributed by atoms with Gasteiger partial charge in [0, 0.05) is 18.8 Å². The third kappa shape index (κ3) is 2.51. The van der Waals surface area contributed by atoms with E-state index >= 15 is 0 Å². The van der Waals surface area contributed by atoms with E-state index < -0.39 is 0 Å². The van der Waals surface area contributed by atoms with E-state index in [0.29, 0.717) is 5.88 Å².